The predicted octanol–water partition coefficient (Wildman–Crippen LogP) is 4.98. The number of nitrogens with one attached hydrogen (secondary N) is 1. The number of hydrogen-bond acceptors (Lipinski definition) is 3. The number of carbonyl (C=O) groups excluding carboxylic acids is 1. The van der Waals surface area contributed by atoms with E-state index in [1.807, 2.05) is 0 Å². The molecule has 4 nitrogen and oxygen atoms in total. The lowest BCUT2D eigenvalue weighted by Crippen LogP contribution is -2.12. The predicted molar refractivity (Wildman–Crippen MR) is 90.2 cm³/mol. The summed E-state index contributed by atoms with van der Waals surface area (Å²) in [4.78, 5) is 15.9. The van der Waals surface area contributed by atoms with E-state index in [-0.39, 0.29) is 41.0 Å². The highest BCUT2D eigenvalue weighted by Crippen LogP contribution is 2.25. The number of rotatable bonds is 5. The van der Waals surface area contributed by atoms with E-state index in [2.05, 4.69) is 10.3 Å². The van der Waals surface area contributed by atoms with Gasteiger partial charge >= 0.3 is 0 Å². The van der Waals surface area contributed by atoms with Crippen LogP contribution in [-0.2, 0) is 11.2 Å². The molecule has 8 heteroatoms. The van der Waals surface area contributed by atoms with Crippen molar-refractivity contribution in [1.29, 1.82) is 0 Å². The van der Waals surface area contributed by atoms with Crippen LogP contribution in [0.4, 0.5) is 18.9 Å². The molecular weight excluding hydrogens is 369 g/mol. The normalized spacial score (nSPS) is 10.8. The lowest BCUT2D eigenvalue weighted by atomic mass is 10.2. The van der Waals surface area contributed by atoms with Gasteiger partial charge in [0.05, 0.1) is 22.5 Å². The number of nitrogens with zero attached hydrogens (tertiary/aromatic N) is 1. The van der Waals surface area contributed by atoms with Crippen LogP contribution in [0.15, 0.2) is 47.0 Å². The second-order valence-corrected chi connectivity index (χ2v) is 5.82. The Bertz CT molecular complexity index is 959. The SMILES string of the molecule is O=C(CCc1ncc(-c2ccc(F)cc2F)o1)Nc1ccc(F)cc1Cl. The molecule has 0 aliphatic carbocycles. The van der Waals surface area contributed by atoms with E-state index in [0.29, 0.717) is 5.69 Å². The number of benzene rings is 2. The molecule has 0 bridgehead atoms. The fourth-order valence-corrected chi connectivity index (χ4v) is 2.48. The minimum absolute atomic E-state index is 0.0273. The van der Waals surface area contributed by atoms with Crippen LogP contribution in [-0.4, -0.2) is 10.9 Å². The number of oxazole rings is 1. The van der Waals surface area contributed by atoms with Gasteiger partial charge in [0.1, 0.15) is 17.5 Å². The zero-order valence-electron chi connectivity index (χ0n) is 13.2. The van der Waals surface area contributed by atoms with Gasteiger partial charge in [-0.05, 0) is 30.3 Å². The largest absolute Gasteiger partial charge is 0.441 e. The van der Waals surface area contributed by atoms with Crippen LogP contribution >= 0.6 is 11.6 Å². The number of anilines is 1. The summed E-state index contributed by atoms with van der Waals surface area (Å²) in [6.45, 7) is 0. The van der Waals surface area contributed by atoms with E-state index in [4.69, 9.17) is 16.0 Å². The number of halogens is 4. The number of aryl methyl sites for hydroxylation is 1. The summed E-state index contributed by atoms with van der Waals surface area (Å²) in [5, 5.41) is 2.64. The second-order valence-electron chi connectivity index (χ2n) is 5.41. The highest BCUT2D eigenvalue weighted by molar-refractivity contribution is 6.33. The molecule has 1 heterocycles. The van der Waals surface area contributed by atoms with Crippen molar-refractivity contribution in [2.75, 3.05) is 5.32 Å². The van der Waals surface area contributed by atoms with Gasteiger partial charge in [-0.3, -0.25) is 4.79 Å². The average Bonchev–Trinajstić information content (AvgIpc) is 3.04. The Kier molecular flexibility index (Phi) is 5.27. The van der Waals surface area contributed by atoms with E-state index in [0.717, 1.165) is 18.2 Å². The van der Waals surface area contributed by atoms with Crippen LogP contribution in [0.1, 0.15) is 12.3 Å². The van der Waals surface area contributed by atoms with E-state index in [9.17, 15) is 18.0 Å². The van der Waals surface area contributed by atoms with E-state index >= 15 is 0 Å². The van der Waals surface area contributed by atoms with Crippen LogP contribution < -0.4 is 5.32 Å². The Morgan fingerprint density at radius 3 is 2.58 bits per heavy atom. The molecule has 0 saturated heterocycles. The van der Waals surface area contributed by atoms with Crippen LogP contribution in [0.2, 0.25) is 5.02 Å². The number of carbonyl (C=O) groups is 1. The maximum absolute atomic E-state index is 13.7. The third-order valence-electron chi connectivity index (χ3n) is 3.52. The first kappa shape index (κ1) is 18.0. The molecule has 0 aliphatic rings. The van der Waals surface area contributed by atoms with Gasteiger partial charge in [0, 0.05) is 18.9 Å². The molecule has 2 aromatic carbocycles. The Morgan fingerprint density at radius 2 is 1.85 bits per heavy atom. The van der Waals surface area contributed by atoms with Gasteiger partial charge in [0.15, 0.2) is 11.7 Å². The highest BCUT2D eigenvalue weighted by atomic mass is 35.5. The van der Waals surface area contributed by atoms with Crippen molar-refractivity contribution in [2.45, 2.75) is 12.8 Å². The molecule has 1 aromatic heterocycles. The van der Waals surface area contributed by atoms with Crippen molar-refractivity contribution in [3.8, 4) is 11.3 Å². The summed E-state index contributed by atoms with van der Waals surface area (Å²) in [7, 11) is 0. The first-order valence-electron chi connectivity index (χ1n) is 7.57. The molecule has 0 saturated carbocycles. The van der Waals surface area contributed by atoms with E-state index in [1.165, 1.54) is 24.4 Å². The van der Waals surface area contributed by atoms with Gasteiger partial charge < -0.3 is 9.73 Å². The van der Waals surface area contributed by atoms with Crippen molar-refractivity contribution in [1.82, 2.24) is 4.98 Å². The number of hydrogen-bond donors (Lipinski definition) is 1. The minimum Gasteiger partial charge on any atom is -0.441 e. The number of amides is 1. The standard InChI is InChI=1S/C18H12ClF3N2O2/c19-13-7-10(20)2-4-15(13)24-17(25)5-6-18-23-9-16(26-18)12-3-1-11(21)8-14(12)22/h1-4,7-9H,5-6H2,(H,24,25). The van der Waals surface area contributed by atoms with Gasteiger partial charge in [-0.15, -0.1) is 0 Å². The molecule has 0 atom stereocenters. The quantitative estimate of drug-likeness (QED) is 0.679. The monoisotopic (exact) mass is 380 g/mol. The van der Waals surface area contributed by atoms with Crippen LogP contribution in [0.5, 0.6) is 0 Å². The highest BCUT2D eigenvalue weighted by Gasteiger charge is 2.13. The molecule has 1 N–H and O–H groups in total. The fraction of sp³-hybridized carbons (Fsp3) is 0.111. The molecule has 0 fully saturated rings. The van der Waals surface area contributed by atoms with Gasteiger partial charge in [-0.1, -0.05) is 11.6 Å². The Balaban J connectivity index is 1.61. The zero-order chi connectivity index (χ0) is 18.7. The third kappa shape index (κ3) is 4.23. The van der Waals surface area contributed by atoms with Crippen LogP contribution in [0.3, 0.4) is 0 Å². The van der Waals surface area contributed by atoms with Gasteiger partial charge in [-0.2, -0.15) is 0 Å². The summed E-state index contributed by atoms with van der Waals surface area (Å²) in [5.41, 5.74) is 0.368. The smallest absolute Gasteiger partial charge is 0.224 e. The van der Waals surface area contributed by atoms with E-state index in [1.54, 1.807) is 0 Å². The molecule has 3 rings (SSSR count). The molecular formula is C18H12ClF3N2O2. The van der Waals surface area contributed by atoms with Gasteiger partial charge in [-0.25, -0.2) is 18.2 Å². The Hall–Kier alpha value is -2.80. The molecule has 3 aromatic rings. The van der Waals surface area contributed by atoms with Crippen LogP contribution in [0.25, 0.3) is 11.3 Å². The lowest BCUT2D eigenvalue weighted by molar-refractivity contribution is -0.116. The summed E-state index contributed by atoms with van der Waals surface area (Å²) in [5.74, 6) is -1.97. The third-order valence-corrected chi connectivity index (χ3v) is 3.83. The summed E-state index contributed by atoms with van der Waals surface area (Å²) < 4.78 is 45.1. The van der Waals surface area contributed by atoms with Crippen molar-refractivity contribution in [2.24, 2.45) is 0 Å². The zero-order valence-corrected chi connectivity index (χ0v) is 14.0. The summed E-state index contributed by atoms with van der Waals surface area (Å²) in [6.07, 6.45) is 1.49. The summed E-state index contributed by atoms with van der Waals surface area (Å²) >= 11 is 5.84. The molecule has 1 amide bonds. The molecule has 0 unspecified atom stereocenters. The Labute approximate surface area is 151 Å². The lowest BCUT2D eigenvalue weighted by Gasteiger charge is -2.06. The van der Waals surface area contributed by atoms with Crippen LogP contribution in [0, 0.1) is 17.5 Å². The molecule has 0 aliphatic heterocycles. The molecule has 0 radical (unpaired) electrons. The van der Waals surface area contributed by atoms with Crippen molar-refractivity contribution < 1.29 is 22.4 Å². The summed E-state index contributed by atoms with van der Waals surface area (Å²) in [6, 6.07) is 6.74. The first-order valence-corrected chi connectivity index (χ1v) is 7.95. The number of aromatic nitrogens is 1. The topological polar surface area (TPSA) is 55.1 Å². The van der Waals surface area contributed by atoms with Crippen molar-refractivity contribution >= 4 is 23.2 Å². The maximum atomic E-state index is 13.7. The van der Waals surface area contributed by atoms with Crippen molar-refractivity contribution in [3.05, 3.63) is 71.0 Å². The first-order chi connectivity index (χ1) is 12.4. The molecule has 26 heavy (non-hydrogen) atoms. The second kappa shape index (κ2) is 7.61. The van der Waals surface area contributed by atoms with Gasteiger partial charge in [0.2, 0.25) is 5.91 Å². The molecule has 134 valence electrons. The average molecular weight is 381 g/mol. The van der Waals surface area contributed by atoms with Crippen molar-refractivity contribution in [3.63, 3.8) is 0 Å². The van der Waals surface area contributed by atoms with Gasteiger partial charge in [0.25, 0.3) is 0 Å². The van der Waals surface area contributed by atoms with E-state index < -0.39 is 17.5 Å². The Morgan fingerprint density at radius 1 is 1.12 bits per heavy atom. The molecule has 0 spiro atoms. The maximum Gasteiger partial charge on any atom is 0.224 e. The minimum atomic E-state index is -0.767. The fourth-order valence-electron chi connectivity index (χ4n) is 2.26.